The molecule has 0 atom stereocenters. The Balaban J connectivity index is 1.84. The van der Waals surface area contributed by atoms with Gasteiger partial charge >= 0.3 is 5.97 Å². The third-order valence-electron chi connectivity index (χ3n) is 3.93. The van der Waals surface area contributed by atoms with Crippen LogP contribution in [0.2, 0.25) is 0 Å². The van der Waals surface area contributed by atoms with Gasteiger partial charge in [-0.2, -0.15) is 5.10 Å². The number of esters is 1. The number of fused-ring (bicyclic) bond motifs is 1. The number of nitro benzene ring substituents is 1. The monoisotopic (exact) mass is 353 g/mol. The number of hydrogen-bond donors (Lipinski definition) is 0. The Kier molecular flexibility index (Phi) is 4.49. The zero-order valence-electron chi connectivity index (χ0n) is 14.1. The summed E-state index contributed by atoms with van der Waals surface area (Å²) in [6.07, 6.45) is 0. The smallest absolute Gasteiger partial charge is 0.333 e. The first-order valence-electron chi connectivity index (χ1n) is 7.79. The van der Waals surface area contributed by atoms with Gasteiger partial charge in [-0.05, 0) is 32.0 Å². The van der Waals surface area contributed by atoms with Gasteiger partial charge in [0.05, 0.1) is 16.0 Å². The quantitative estimate of drug-likeness (QED) is 0.309. The SMILES string of the molecule is Cc1cc(OC(=O)Cn2nc(C)c3ccccc3c2=O)ccc1[N+](=O)[O-]. The standard InChI is InChI=1S/C18H15N3O5/c1-11-9-13(7-8-16(11)21(24)25)26-17(22)10-20-18(23)15-6-4-3-5-14(15)12(2)19-20/h3-9H,10H2,1-2H3. The predicted molar refractivity (Wildman–Crippen MR) is 94.2 cm³/mol. The highest BCUT2D eigenvalue weighted by atomic mass is 16.6. The van der Waals surface area contributed by atoms with E-state index < -0.39 is 10.9 Å². The maximum atomic E-state index is 12.5. The molecular weight excluding hydrogens is 338 g/mol. The molecule has 8 nitrogen and oxygen atoms in total. The number of carbonyl (C=O) groups is 1. The van der Waals surface area contributed by atoms with Crippen molar-refractivity contribution in [3.05, 3.63) is 74.2 Å². The molecule has 0 spiro atoms. The third-order valence-corrected chi connectivity index (χ3v) is 3.93. The van der Waals surface area contributed by atoms with Crippen LogP contribution in [0.1, 0.15) is 11.3 Å². The molecule has 3 aromatic rings. The van der Waals surface area contributed by atoms with Crippen LogP contribution in [0.25, 0.3) is 10.8 Å². The van der Waals surface area contributed by atoms with E-state index in [2.05, 4.69) is 5.10 Å². The van der Waals surface area contributed by atoms with Crippen molar-refractivity contribution in [1.82, 2.24) is 9.78 Å². The largest absolute Gasteiger partial charge is 0.425 e. The number of ether oxygens (including phenoxy) is 1. The lowest BCUT2D eigenvalue weighted by molar-refractivity contribution is -0.385. The average Bonchev–Trinajstić information content (AvgIpc) is 2.59. The molecule has 3 rings (SSSR count). The van der Waals surface area contributed by atoms with Crippen LogP contribution in [0.5, 0.6) is 5.75 Å². The second-order valence-electron chi connectivity index (χ2n) is 5.77. The highest BCUT2D eigenvalue weighted by molar-refractivity contribution is 5.83. The summed E-state index contributed by atoms with van der Waals surface area (Å²) in [6, 6.07) is 11.0. The molecule has 0 saturated carbocycles. The lowest BCUT2D eigenvalue weighted by atomic mass is 10.1. The van der Waals surface area contributed by atoms with Crippen molar-refractivity contribution in [1.29, 1.82) is 0 Å². The van der Waals surface area contributed by atoms with Gasteiger partial charge in [0, 0.05) is 17.0 Å². The molecule has 0 bridgehead atoms. The van der Waals surface area contributed by atoms with E-state index in [0.29, 0.717) is 16.6 Å². The number of carbonyl (C=O) groups excluding carboxylic acids is 1. The van der Waals surface area contributed by atoms with Crippen molar-refractivity contribution in [2.24, 2.45) is 0 Å². The number of rotatable bonds is 4. The Bertz CT molecular complexity index is 1090. The van der Waals surface area contributed by atoms with Gasteiger partial charge in [0.15, 0.2) is 0 Å². The Morgan fingerprint density at radius 1 is 1.19 bits per heavy atom. The van der Waals surface area contributed by atoms with Crippen LogP contribution in [0.4, 0.5) is 5.69 Å². The minimum atomic E-state index is -0.692. The molecule has 0 aliphatic carbocycles. The lowest BCUT2D eigenvalue weighted by Crippen LogP contribution is -2.29. The van der Waals surface area contributed by atoms with E-state index in [-0.39, 0.29) is 23.5 Å². The molecule has 0 fully saturated rings. The summed E-state index contributed by atoms with van der Waals surface area (Å²) >= 11 is 0. The topological polar surface area (TPSA) is 104 Å². The molecule has 0 unspecified atom stereocenters. The van der Waals surface area contributed by atoms with E-state index >= 15 is 0 Å². The van der Waals surface area contributed by atoms with E-state index in [1.165, 1.54) is 18.2 Å². The molecule has 1 heterocycles. The summed E-state index contributed by atoms with van der Waals surface area (Å²) < 4.78 is 6.23. The minimum absolute atomic E-state index is 0.0622. The van der Waals surface area contributed by atoms with Crippen LogP contribution in [0, 0.1) is 24.0 Å². The van der Waals surface area contributed by atoms with Crippen molar-refractivity contribution in [3.8, 4) is 5.75 Å². The van der Waals surface area contributed by atoms with Crippen molar-refractivity contribution in [2.45, 2.75) is 20.4 Å². The summed E-state index contributed by atoms with van der Waals surface area (Å²) in [6.45, 7) is 2.94. The van der Waals surface area contributed by atoms with Crippen LogP contribution in [-0.4, -0.2) is 20.7 Å². The summed E-state index contributed by atoms with van der Waals surface area (Å²) in [5.74, 6) is -0.522. The van der Waals surface area contributed by atoms with E-state index in [1.54, 1.807) is 32.0 Å². The Hall–Kier alpha value is -3.55. The maximum Gasteiger partial charge on any atom is 0.333 e. The van der Waals surface area contributed by atoms with Gasteiger partial charge < -0.3 is 4.74 Å². The molecule has 0 amide bonds. The van der Waals surface area contributed by atoms with Gasteiger partial charge in [-0.15, -0.1) is 0 Å². The lowest BCUT2D eigenvalue weighted by Gasteiger charge is -2.09. The molecular formula is C18H15N3O5. The van der Waals surface area contributed by atoms with Crippen LogP contribution in [0.15, 0.2) is 47.3 Å². The molecule has 0 aliphatic heterocycles. The molecule has 1 aromatic heterocycles. The number of hydrogen-bond acceptors (Lipinski definition) is 6. The third kappa shape index (κ3) is 3.30. The first kappa shape index (κ1) is 17.3. The summed E-state index contributed by atoms with van der Waals surface area (Å²) in [5, 5.41) is 16.2. The van der Waals surface area contributed by atoms with Crippen molar-refractivity contribution < 1.29 is 14.5 Å². The Morgan fingerprint density at radius 3 is 2.54 bits per heavy atom. The number of aryl methyl sites for hydroxylation is 2. The Labute approximate surface area is 147 Å². The molecule has 0 saturated heterocycles. The summed E-state index contributed by atoms with van der Waals surface area (Å²) in [7, 11) is 0. The molecule has 132 valence electrons. The van der Waals surface area contributed by atoms with Crippen molar-refractivity contribution >= 4 is 22.4 Å². The molecule has 2 aromatic carbocycles. The molecule has 26 heavy (non-hydrogen) atoms. The van der Waals surface area contributed by atoms with E-state index in [9.17, 15) is 19.7 Å². The second kappa shape index (κ2) is 6.75. The molecule has 8 heteroatoms. The zero-order valence-corrected chi connectivity index (χ0v) is 14.1. The average molecular weight is 353 g/mol. The molecule has 0 N–H and O–H groups in total. The first-order valence-corrected chi connectivity index (χ1v) is 7.79. The number of nitro groups is 1. The fourth-order valence-electron chi connectivity index (χ4n) is 2.69. The van der Waals surface area contributed by atoms with Gasteiger partial charge in [0.25, 0.3) is 11.2 Å². The predicted octanol–water partition coefficient (Wildman–Crippen LogP) is 2.53. The molecule has 0 radical (unpaired) electrons. The molecule has 0 aliphatic rings. The van der Waals surface area contributed by atoms with E-state index in [0.717, 1.165) is 10.1 Å². The number of nitrogens with zero attached hydrogens (tertiary/aromatic N) is 3. The second-order valence-corrected chi connectivity index (χ2v) is 5.77. The fourth-order valence-corrected chi connectivity index (χ4v) is 2.69. The normalized spacial score (nSPS) is 10.7. The van der Waals surface area contributed by atoms with Gasteiger partial charge in [-0.1, -0.05) is 18.2 Å². The highest BCUT2D eigenvalue weighted by Crippen LogP contribution is 2.23. The minimum Gasteiger partial charge on any atom is -0.425 e. The van der Waals surface area contributed by atoms with Gasteiger partial charge in [0.1, 0.15) is 12.3 Å². The van der Waals surface area contributed by atoms with Gasteiger partial charge in [-0.3, -0.25) is 14.9 Å². The van der Waals surface area contributed by atoms with Crippen LogP contribution >= 0.6 is 0 Å². The summed E-state index contributed by atoms with van der Waals surface area (Å²) in [5.41, 5.74) is 0.548. The first-order chi connectivity index (χ1) is 12.4. The summed E-state index contributed by atoms with van der Waals surface area (Å²) in [4.78, 5) is 34.9. The number of benzene rings is 2. The fraction of sp³-hybridized carbons (Fsp3) is 0.167. The van der Waals surface area contributed by atoms with Crippen LogP contribution < -0.4 is 10.3 Å². The number of aromatic nitrogens is 2. The Morgan fingerprint density at radius 2 is 1.88 bits per heavy atom. The highest BCUT2D eigenvalue weighted by Gasteiger charge is 2.15. The van der Waals surface area contributed by atoms with E-state index in [1.807, 2.05) is 6.07 Å². The van der Waals surface area contributed by atoms with Crippen molar-refractivity contribution in [3.63, 3.8) is 0 Å². The van der Waals surface area contributed by atoms with Gasteiger partial charge in [-0.25, -0.2) is 9.48 Å². The maximum absolute atomic E-state index is 12.5. The van der Waals surface area contributed by atoms with Crippen LogP contribution in [-0.2, 0) is 11.3 Å². The van der Waals surface area contributed by atoms with E-state index in [4.69, 9.17) is 4.74 Å². The zero-order chi connectivity index (χ0) is 18.8. The van der Waals surface area contributed by atoms with Gasteiger partial charge in [0.2, 0.25) is 0 Å². The van der Waals surface area contributed by atoms with Crippen LogP contribution in [0.3, 0.4) is 0 Å². The van der Waals surface area contributed by atoms with Crippen molar-refractivity contribution in [2.75, 3.05) is 0 Å².